The molecule has 0 radical (unpaired) electrons. The molecule has 0 heterocycles. The summed E-state index contributed by atoms with van der Waals surface area (Å²) in [6.07, 6.45) is 5.76. The molecule has 1 unspecified atom stereocenters. The highest BCUT2D eigenvalue weighted by molar-refractivity contribution is 5.69. The Morgan fingerprint density at radius 1 is 0.773 bits per heavy atom. The predicted octanol–water partition coefficient (Wildman–Crippen LogP) is 4.03. The van der Waals surface area contributed by atoms with Gasteiger partial charge in [0.2, 0.25) is 0 Å². The monoisotopic (exact) mass is 320 g/mol. The van der Waals surface area contributed by atoms with Crippen LogP contribution in [0.4, 0.5) is 0 Å². The predicted molar refractivity (Wildman–Crippen MR) is 86.0 cm³/mol. The third kappa shape index (κ3) is 26.9. The van der Waals surface area contributed by atoms with Crippen LogP contribution in [0.2, 0.25) is 0 Å². The first-order chi connectivity index (χ1) is 10.3. The van der Waals surface area contributed by atoms with Crippen molar-refractivity contribution >= 4 is 17.9 Å². The number of aliphatic carboxylic acids is 3. The van der Waals surface area contributed by atoms with Gasteiger partial charge in [-0.1, -0.05) is 40.5 Å². The van der Waals surface area contributed by atoms with Crippen LogP contribution in [-0.2, 0) is 14.4 Å². The second kappa shape index (κ2) is 19.4. The summed E-state index contributed by atoms with van der Waals surface area (Å²) in [6, 6.07) is 0. The zero-order valence-corrected chi connectivity index (χ0v) is 14.3. The summed E-state index contributed by atoms with van der Waals surface area (Å²) in [6.45, 7) is 7.69. The van der Waals surface area contributed by atoms with Crippen molar-refractivity contribution in [3.05, 3.63) is 0 Å². The number of unbranched alkanes of at least 4 members (excludes halogenated alkanes) is 1. The van der Waals surface area contributed by atoms with Crippen LogP contribution < -0.4 is 0 Å². The van der Waals surface area contributed by atoms with E-state index >= 15 is 0 Å². The van der Waals surface area contributed by atoms with E-state index in [9.17, 15) is 14.4 Å². The number of carboxylic acids is 3. The second-order valence-corrected chi connectivity index (χ2v) is 4.87. The van der Waals surface area contributed by atoms with Crippen molar-refractivity contribution < 1.29 is 29.7 Å². The van der Waals surface area contributed by atoms with Crippen molar-refractivity contribution in [3.8, 4) is 0 Å². The molecule has 0 bridgehead atoms. The maximum absolute atomic E-state index is 10.4. The largest absolute Gasteiger partial charge is 0.481 e. The van der Waals surface area contributed by atoms with Crippen LogP contribution in [0.1, 0.15) is 79.1 Å². The fraction of sp³-hybridized carbons (Fsp3) is 0.812. The fourth-order valence-electron chi connectivity index (χ4n) is 1.38. The number of carboxylic acid groups (broad SMARTS) is 3. The van der Waals surface area contributed by atoms with E-state index in [2.05, 4.69) is 6.92 Å². The summed E-state index contributed by atoms with van der Waals surface area (Å²) in [5.41, 5.74) is 0. The van der Waals surface area contributed by atoms with E-state index in [0.29, 0.717) is 12.8 Å². The minimum Gasteiger partial charge on any atom is -0.481 e. The van der Waals surface area contributed by atoms with Gasteiger partial charge in [-0.15, -0.1) is 0 Å². The fourth-order valence-corrected chi connectivity index (χ4v) is 1.38. The summed E-state index contributed by atoms with van der Waals surface area (Å²) >= 11 is 0. The summed E-state index contributed by atoms with van der Waals surface area (Å²) < 4.78 is 0. The van der Waals surface area contributed by atoms with E-state index in [1.807, 2.05) is 20.8 Å². The van der Waals surface area contributed by atoms with Crippen molar-refractivity contribution in [3.63, 3.8) is 0 Å². The van der Waals surface area contributed by atoms with Crippen LogP contribution in [0, 0.1) is 5.92 Å². The van der Waals surface area contributed by atoms with Gasteiger partial charge >= 0.3 is 17.9 Å². The van der Waals surface area contributed by atoms with Crippen molar-refractivity contribution in [2.45, 2.75) is 79.1 Å². The Morgan fingerprint density at radius 2 is 1.18 bits per heavy atom. The average molecular weight is 320 g/mol. The van der Waals surface area contributed by atoms with Gasteiger partial charge in [-0.2, -0.15) is 0 Å². The summed E-state index contributed by atoms with van der Waals surface area (Å²) in [7, 11) is 0. The molecule has 0 saturated heterocycles. The molecule has 6 heteroatoms. The lowest BCUT2D eigenvalue weighted by atomic mass is 10.00. The molecule has 0 rings (SSSR count). The summed E-state index contributed by atoms with van der Waals surface area (Å²) in [4.78, 5) is 29.6. The van der Waals surface area contributed by atoms with Gasteiger partial charge in [-0.3, -0.25) is 14.4 Å². The lowest BCUT2D eigenvalue weighted by Gasteiger charge is -2.06. The molecule has 0 aromatic rings. The zero-order valence-electron chi connectivity index (χ0n) is 14.3. The highest BCUT2D eigenvalue weighted by Crippen LogP contribution is 2.11. The van der Waals surface area contributed by atoms with E-state index in [0.717, 1.165) is 38.5 Å². The maximum atomic E-state index is 10.4. The normalized spacial score (nSPS) is 10.4. The molecule has 0 aliphatic heterocycles. The quantitative estimate of drug-likeness (QED) is 0.591. The Kier molecular flexibility index (Phi) is 22.4. The molecule has 132 valence electrons. The van der Waals surface area contributed by atoms with E-state index < -0.39 is 17.9 Å². The molecule has 0 aromatic carbocycles. The van der Waals surface area contributed by atoms with Gasteiger partial charge in [0.05, 0.1) is 5.92 Å². The molecule has 22 heavy (non-hydrogen) atoms. The Morgan fingerprint density at radius 3 is 1.32 bits per heavy atom. The summed E-state index contributed by atoms with van der Waals surface area (Å²) in [5, 5.41) is 24.4. The number of hydrogen-bond acceptors (Lipinski definition) is 3. The first-order valence-corrected chi connectivity index (χ1v) is 7.92. The van der Waals surface area contributed by atoms with Crippen LogP contribution in [0.3, 0.4) is 0 Å². The molecular weight excluding hydrogens is 288 g/mol. The van der Waals surface area contributed by atoms with Gasteiger partial charge in [0.1, 0.15) is 0 Å². The third-order valence-electron chi connectivity index (χ3n) is 2.68. The standard InChI is InChI=1S/C8H16O2.2C4H8O2/c1-3-5-6-7(4-2)8(9)10;2*1-2-3-4(5)6/h7H,3-6H2,1-2H3,(H,9,10);2*2-3H2,1H3,(H,5,6). The maximum Gasteiger partial charge on any atom is 0.306 e. The van der Waals surface area contributed by atoms with Crippen molar-refractivity contribution in [1.29, 1.82) is 0 Å². The van der Waals surface area contributed by atoms with Crippen LogP contribution >= 0.6 is 0 Å². The molecule has 0 spiro atoms. The Hall–Kier alpha value is -1.59. The molecule has 0 saturated carbocycles. The van der Waals surface area contributed by atoms with Crippen molar-refractivity contribution in [2.75, 3.05) is 0 Å². The van der Waals surface area contributed by atoms with Gasteiger partial charge < -0.3 is 15.3 Å². The molecule has 6 nitrogen and oxygen atoms in total. The topological polar surface area (TPSA) is 112 Å². The van der Waals surface area contributed by atoms with E-state index in [1.165, 1.54) is 0 Å². The van der Waals surface area contributed by atoms with Gasteiger partial charge in [0, 0.05) is 12.8 Å². The Balaban J connectivity index is -0.000000261. The highest BCUT2D eigenvalue weighted by Gasteiger charge is 2.12. The van der Waals surface area contributed by atoms with Gasteiger partial charge in [0.15, 0.2) is 0 Å². The van der Waals surface area contributed by atoms with Gasteiger partial charge in [-0.25, -0.2) is 0 Å². The second-order valence-electron chi connectivity index (χ2n) is 4.87. The van der Waals surface area contributed by atoms with Gasteiger partial charge in [-0.05, 0) is 25.7 Å². The molecular formula is C16H32O6. The molecule has 0 fully saturated rings. The first-order valence-electron chi connectivity index (χ1n) is 7.92. The van der Waals surface area contributed by atoms with E-state index in [-0.39, 0.29) is 5.92 Å². The van der Waals surface area contributed by atoms with Crippen LogP contribution in [-0.4, -0.2) is 33.2 Å². The molecule has 0 aromatic heterocycles. The highest BCUT2D eigenvalue weighted by atomic mass is 16.4. The SMILES string of the molecule is CCCC(=O)O.CCCC(=O)O.CCCCC(CC)C(=O)O. The minimum absolute atomic E-state index is 0.111. The summed E-state index contributed by atoms with van der Waals surface area (Å²) in [5.74, 6) is -2.18. The lowest BCUT2D eigenvalue weighted by molar-refractivity contribution is -0.142. The van der Waals surface area contributed by atoms with Crippen molar-refractivity contribution in [1.82, 2.24) is 0 Å². The van der Waals surface area contributed by atoms with Crippen LogP contribution in [0.25, 0.3) is 0 Å². The van der Waals surface area contributed by atoms with Crippen LogP contribution in [0.5, 0.6) is 0 Å². The van der Waals surface area contributed by atoms with E-state index in [4.69, 9.17) is 15.3 Å². The zero-order chi connectivity index (χ0) is 18.0. The molecule has 1 atom stereocenters. The average Bonchev–Trinajstić information content (AvgIpc) is 2.40. The minimum atomic E-state index is -0.711. The number of hydrogen-bond donors (Lipinski definition) is 3. The molecule has 0 aliphatic rings. The third-order valence-corrected chi connectivity index (χ3v) is 2.68. The first kappa shape index (κ1) is 25.4. The number of rotatable bonds is 9. The molecule has 3 N–H and O–H groups in total. The van der Waals surface area contributed by atoms with E-state index in [1.54, 1.807) is 0 Å². The lowest BCUT2D eigenvalue weighted by Crippen LogP contribution is -2.11. The Labute approximate surface area is 133 Å². The van der Waals surface area contributed by atoms with Crippen LogP contribution in [0.15, 0.2) is 0 Å². The van der Waals surface area contributed by atoms with Crippen molar-refractivity contribution in [2.24, 2.45) is 5.92 Å². The smallest absolute Gasteiger partial charge is 0.306 e. The van der Waals surface area contributed by atoms with Gasteiger partial charge in [0.25, 0.3) is 0 Å². The number of carbonyl (C=O) groups is 3. The molecule has 0 amide bonds. The Bertz CT molecular complexity index is 272. The molecule has 0 aliphatic carbocycles.